The van der Waals surface area contributed by atoms with Crippen molar-refractivity contribution in [3.05, 3.63) is 35.0 Å². The van der Waals surface area contributed by atoms with Gasteiger partial charge >= 0.3 is 5.97 Å². The highest BCUT2D eigenvalue weighted by atomic mass is 16.4. The van der Waals surface area contributed by atoms with Crippen LogP contribution in [0.3, 0.4) is 0 Å². The summed E-state index contributed by atoms with van der Waals surface area (Å²) >= 11 is 0. The lowest BCUT2D eigenvalue weighted by Crippen LogP contribution is -2.09. The highest BCUT2D eigenvalue weighted by Crippen LogP contribution is 2.17. The molecule has 0 heterocycles. The largest absolute Gasteiger partial charge is 0.507 e. The van der Waals surface area contributed by atoms with Gasteiger partial charge in [0.1, 0.15) is 11.4 Å². The van der Waals surface area contributed by atoms with Crippen LogP contribution in [0.2, 0.25) is 0 Å². The Labute approximate surface area is 85.5 Å². The van der Waals surface area contributed by atoms with E-state index < -0.39 is 5.97 Å². The maximum absolute atomic E-state index is 10.5. The summed E-state index contributed by atoms with van der Waals surface area (Å²) in [5.41, 5.74) is 5.38. The standard InChI is InChI=1S/C10H9NO4/c11-8(10(14)15)4-6-1-2-9(13)7(3-6)5-12/h1-5,13H,11H2,(H,14,15). The third kappa shape index (κ3) is 2.57. The Hall–Kier alpha value is -2.30. The van der Waals surface area contributed by atoms with Gasteiger partial charge in [0.2, 0.25) is 0 Å². The van der Waals surface area contributed by atoms with Gasteiger partial charge in [-0.05, 0) is 23.8 Å². The van der Waals surface area contributed by atoms with Crippen LogP contribution in [0.4, 0.5) is 0 Å². The molecule has 0 spiro atoms. The monoisotopic (exact) mass is 207 g/mol. The fourth-order valence-corrected chi connectivity index (χ4v) is 0.998. The number of aldehydes is 1. The van der Waals surface area contributed by atoms with Crippen LogP contribution in [0, 0.1) is 0 Å². The van der Waals surface area contributed by atoms with Crippen molar-refractivity contribution in [3.8, 4) is 5.75 Å². The molecule has 0 unspecified atom stereocenters. The van der Waals surface area contributed by atoms with E-state index in [1.54, 1.807) is 0 Å². The predicted molar refractivity (Wildman–Crippen MR) is 53.3 cm³/mol. The number of carboxylic acid groups (broad SMARTS) is 1. The molecule has 0 atom stereocenters. The molecule has 78 valence electrons. The maximum Gasteiger partial charge on any atom is 0.351 e. The van der Waals surface area contributed by atoms with Gasteiger partial charge in [-0.1, -0.05) is 6.07 Å². The second-order valence-electron chi connectivity index (χ2n) is 2.84. The number of aromatic hydroxyl groups is 1. The minimum atomic E-state index is -1.24. The van der Waals surface area contributed by atoms with Crippen LogP contribution in [-0.2, 0) is 4.79 Å². The average molecular weight is 207 g/mol. The molecular weight excluding hydrogens is 198 g/mol. The first kappa shape index (κ1) is 10.8. The van der Waals surface area contributed by atoms with E-state index in [4.69, 9.17) is 10.8 Å². The molecule has 0 fully saturated rings. The summed E-state index contributed by atoms with van der Waals surface area (Å²) in [6, 6.07) is 4.10. The first-order valence-electron chi connectivity index (χ1n) is 4.03. The fourth-order valence-electron chi connectivity index (χ4n) is 0.998. The van der Waals surface area contributed by atoms with Gasteiger partial charge in [-0.3, -0.25) is 4.79 Å². The SMILES string of the molecule is NC(=Cc1ccc(O)c(C=O)c1)C(=O)O. The Bertz CT molecular complexity index is 437. The molecule has 5 nitrogen and oxygen atoms in total. The summed E-state index contributed by atoms with van der Waals surface area (Å²) in [5.74, 6) is -1.40. The van der Waals surface area contributed by atoms with E-state index in [2.05, 4.69) is 0 Å². The molecule has 0 amide bonds. The van der Waals surface area contributed by atoms with E-state index in [1.165, 1.54) is 24.3 Å². The Morgan fingerprint density at radius 1 is 1.40 bits per heavy atom. The second kappa shape index (κ2) is 4.28. The number of hydrogen-bond acceptors (Lipinski definition) is 4. The van der Waals surface area contributed by atoms with E-state index in [0.29, 0.717) is 11.8 Å². The predicted octanol–water partition coefficient (Wildman–Crippen LogP) is 0.589. The quantitative estimate of drug-likeness (QED) is 0.497. The third-order valence-corrected chi connectivity index (χ3v) is 1.75. The van der Waals surface area contributed by atoms with Crippen molar-refractivity contribution in [2.75, 3.05) is 0 Å². The normalized spacial score (nSPS) is 11.1. The lowest BCUT2D eigenvalue weighted by atomic mass is 10.1. The molecule has 0 radical (unpaired) electrons. The number of aliphatic carboxylic acids is 1. The molecule has 1 aromatic carbocycles. The average Bonchev–Trinajstić information content (AvgIpc) is 2.20. The van der Waals surface area contributed by atoms with Crippen molar-refractivity contribution >= 4 is 18.3 Å². The van der Waals surface area contributed by atoms with Crippen molar-refractivity contribution in [2.45, 2.75) is 0 Å². The molecule has 0 aromatic heterocycles. The Morgan fingerprint density at radius 3 is 2.60 bits per heavy atom. The molecule has 1 rings (SSSR count). The van der Waals surface area contributed by atoms with Crippen LogP contribution in [0.15, 0.2) is 23.9 Å². The van der Waals surface area contributed by atoms with E-state index in [-0.39, 0.29) is 17.0 Å². The van der Waals surface area contributed by atoms with Crippen molar-refractivity contribution in [3.63, 3.8) is 0 Å². The number of benzene rings is 1. The number of carbonyl (C=O) groups excluding carboxylic acids is 1. The smallest absolute Gasteiger partial charge is 0.351 e. The highest BCUT2D eigenvalue weighted by Gasteiger charge is 2.03. The Morgan fingerprint density at radius 2 is 2.07 bits per heavy atom. The van der Waals surface area contributed by atoms with Gasteiger partial charge in [-0.15, -0.1) is 0 Å². The Balaban J connectivity index is 3.12. The van der Waals surface area contributed by atoms with Crippen LogP contribution in [0.25, 0.3) is 6.08 Å². The van der Waals surface area contributed by atoms with Crippen LogP contribution >= 0.6 is 0 Å². The minimum absolute atomic E-state index is 0.0851. The molecule has 0 bridgehead atoms. The molecule has 0 saturated heterocycles. The first-order chi connectivity index (χ1) is 7.04. The van der Waals surface area contributed by atoms with Gasteiger partial charge < -0.3 is 15.9 Å². The molecule has 0 aliphatic heterocycles. The Kier molecular flexibility index (Phi) is 3.07. The number of carbonyl (C=O) groups is 2. The second-order valence-corrected chi connectivity index (χ2v) is 2.84. The molecular formula is C10H9NO4. The molecule has 0 aliphatic rings. The number of rotatable bonds is 3. The van der Waals surface area contributed by atoms with Gasteiger partial charge in [-0.25, -0.2) is 4.79 Å². The molecule has 0 aliphatic carbocycles. The van der Waals surface area contributed by atoms with Gasteiger partial charge in [0.25, 0.3) is 0 Å². The fraction of sp³-hybridized carbons (Fsp3) is 0. The third-order valence-electron chi connectivity index (χ3n) is 1.75. The highest BCUT2D eigenvalue weighted by molar-refractivity contribution is 5.91. The zero-order valence-corrected chi connectivity index (χ0v) is 7.68. The summed E-state index contributed by atoms with van der Waals surface area (Å²) < 4.78 is 0. The van der Waals surface area contributed by atoms with Gasteiger partial charge in [-0.2, -0.15) is 0 Å². The molecule has 5 heteroatoms. The molecule has 0 saturated carbocycles. The first-order valence-corrected chi connectivity index (χ1v) is 4.03. The van der Waals surface area contributed by atoms with Gasteiger partial charge in [0.05, 0.1) is 5.56 Å². The number of carboxylic acids is 1. The number of nitrogens with two attached hydrogens (primary N) is 1. The van der Waals surface area contributed by atoms with Crippen molar-refractivity contribution in [1.29, 1.82) is 0 Å². The maximum atomic E-state index is 10.5. The summed E-state index contributed by atoms with van der Waals surface area (Å²) in [6.07, 6.45) is 1.68. The zero-order chi connectivity index (χ0) is 11.4. The van der Waals surface area contributed by atoms with Gasteiger partial charge in [0.15, 0.2) is 6.29 Å². The topological polar surface area (TPSA) is 101 Å². The molecule has 4 N–H and O–H groups in total. The summed E-state index contributed by atoms with van der Waals surface area (Å²) in [6.45, 7) is 0. The summed E-state index contributed by atoms with van der Waals surface area (Å²) in [5, 5.41) is 17.7. The summed E-state index contributed by atoms with van der Waals surface area (Å²) in [4.78, 5) is 20.9. The van der Waals surface area contributed by atoms with Crippen molar-refractivity contribution < 1.29 is 19.8 Å². The number of phenols is 1. The lowest BCUT2D eigenvalue weighted by molar-refractivity contribution is -0.132. The van der Waals surface area contributed by atoms with E-state index >= 15 is 0 Å². The molecule has 1 aromatic rings. The van der Waals surface area contributed by atoms with E-state index in [1.807, 2.05) is 0 Å². The molecule has 15 heavy (non-hydrogen) atoms. The number of hydrogen-bond donors (Lipinski definition) is 3. The summed E-state index contributed by atoms with van der Waals surface area (Å²) in [7, 11) is 0. The number of phenolic OH excluding ortho intramolecular Hbond substituents is 1. The zero-order valence-electron chi connectivity index (χ0n) is 7.68. The van der Waals surface area contributed by atoms with Crippen LogP contribution in [0.1, 0.15) is 15.9 Å². The van der Waals surface area contributed by atoms with Crippen molar-refractivity contribution in [2.24, 2.45) is 5.73 Å². The van der Waals surface area contributed by atoms with Crippen LogP contribution in [-0.4, -0.2) is 22.5 Å². The minimum Gasteiger partial charge on any atom is -0.507 e. The van der Waals surface area contributed by atoms with Crippen molar-refractivity contribution in [1.82, 2.24) is 0 Å². The van der Waals surface area contributed by atoms with Gasteiger partial charge in [0, 0.05) is 0 Å². The lowest BCUT2D eigenvalue weighted by Gasteiger charge is -1.99. The van der Waals surface area contributed by atoms with E-state index in [9.17, 15) is 14.7 Å². The van der Waals surface area contributed by atoms with Crippen LogP contribution < -0.4 is 5.73 Å². The van der Waals surface area contributed by atoms with Crippen LogP contribution in [0.5, 0.6) is 5.75 Å². The van der Waals surface area contributed by atoms with E-state index in [0.717, 1.165) is 0 Å².